The van der Waals surface area contributed by atoms with Gasteiger partial charge in [0.15, 0.2) is 0 Å². The van der Waals surface area contributed by atoms with Crippen molar-refractivity contribution in [1.29, 1.82) is 0 Å². The summed E-state index contributed by atoms with van der Waals surface area (Å²) in [6.07, 6.45) is 3.08. The zero-order valence-electron chi connectivity index (χ0n) is 5.71. The van der Waals surface area contributed by atoms with Crippen molar-refractivity contribution in [3.63, 3.8) is 0 Å². The van der Waals surface area contributed by atoms with Gasteiger partial charge in [0.1, 0.15) is 5.82 Å². The number of hydrogen-bond acceptors (Lipinski definition) is 1. The summed E-state index contributed by atoms with van der Waals surface area (Å²) in [5, 5.41) is 1.29. The lowest BCUT2D eigenvalue weighted by Gasteiger charge is -1.94. The molecule has 0 spiro atoms. The maximum absolute atomic E-state index is 12.9. The van der Waals surface area contributed by atoms with Gasteiger partial charge in [0.05, 0.1) is 0 Å². The lowest BCUT2D eigenvalue weighted by molar-refractivity contribution is 0.639. The van der Waals surface area contributed by atoms with Gasteiger partial charge in [0.25, 0.3) is 0 Å². The van der Waals surface area contributed by atoms with Crippen LogP contribution in [0.15, 0.2) is 30.6 Å². The molecule has 0 N–H and O–H groups in total. The maximum Gasteiger partial charge on any atom is 0.131 e. The van der Waals surface area contributed by atoms with Crippen LogP contribution in [0.4, 0.5) is 4.39 Å². The Morgan fingerprint density at radius 1 is 1.36 bits per heavy atom. The first-order valence-corrected chi connectivity index (χ1v) is 3.28. The SMILES string of the molecule is Fc1cccc2cnc[c]c12. The van der Waals surface area contributed by atoms with Crippen LogP contribution in [0.5, 0.6) is 0 Å². The van der Waals surface area contributed by atoms with Crippen molar-refractivity contribution in [3.8, 4) is 0 Å². The lowest BCUT2D eigenvalue weighted by Crippen LogP contribution is -1.79. The average Bonchev–Trinajstić information content (AvgIpc) is 2.06. The van der Waals surface area contributed by atoms with E-state index in [2.05, 4.69) is 11.1 Å². The van der Waals surface area contributed by atoms with E-state index in [1.165, 1.54) is 12.3 Å². The van der Waals surface area contributed by atoms with Crippen LogP contribution in [0.2, 0.25) is 0 Å². The second kappa shape index (κ2) is 2.31. The molecular weight excluding hydrogens is 141 g/mol. The van der Waals surface area contributed by atoms with Crippen molar-refractivity contribution in [1.82, 2.24) is 4.98 Å². The van der Waals surface area contributed by atoms with Crippen LogP contribution in [0, 0.1) is 11.9 Å². The summed E-state index contributed by atoms with van der Waals surface area (Å²) < 4.78 is 12.9. The molecule has 0 saturated carbocycles. The van der Waals surface area contributed by atoms with Gasteiger partial charge in [0.2, 0.25) is 0 Å². The molecule has 0 aliphatic heterocycles. The van der Waals surface area contributed by atoms with Gasteiger partial charge in [-0.15, -0.1) is 0 Å². The molecule has 1 nitrogen and oxygen atoms in total. The fraction of sp³-hybridized carbons (Fsp3) is 0. The van der Waals surface area contributed by atoms with Crippen molar-refractivity contribution in [3.05, 3.63) is 42.5 Å². The Bertz CT molecular complexity index is 379. The first-order chi connectivity index (χ1) is 5.38. The quantitative estimate of drug-likeness (QED) is 0.555. The zero-order chi connectivity index (χ0) is 7.68. The van der Waals surface area contributed by atoms with Crippen LogP contribution < -0.4 is 0 Å². The second-order valence-corrected chi connectivity index (χ2v) is 2.26. The van der Waals surface area contributed by atoms with Gasteiger partial charge < -0.3 is 0 Å². The van der Waals surface area contributed by atoms with Crippen molar-refractivity contribution in [2.75, 3.05) is 0 Å². The van der Waals surface area contributed by atoms with E-state index in [1.54, 1.807) is 12.3 Å². The fourth-order valence-corrected chi connectivity index (χ4v) is 1.02. The number of halogens is 1. The monoisotopic (exact) mass is 146 g/mol. The van der Waals surface area contributed by atoms with E-state index in [-0.39, 0.29) is 5.82 Å². The molecule has 0 unspecified atom stereocenters. The van der Waals surface area contributed by atoms with Crippen molar-refractivity contribution >= 4 is 10.8 Å². The molecule has 1 radical (unpaired) electrons. The molecule has 2 heteroatoms. The lowest BCUT2D eigenvalue weighted by atomic mass is 10.2. The van der Waals surface area contributed by atoms with Gasteiger partial charge in [-0.1, -0.05) is 12.1 Å². The van der Waals surface area contributed by atoms with Crippen molar-refractivity contribution in [2.24, 2.45) is 0 Å². The molecule has 0 amide bonds. The van der Waals surface area contributed by atoms with E-state index in [0.29, 0.717) is 5.39 Å². The Hall–Kier alpha value is -1.44. The highest BCUT2D eigenvalue weighted by Gasteiger charge is 1.96. The summed E-state index contributed by atoms with van der Waals surface area (Å²) >= 11 is 0. The standard InChI is InChI=1S/C9H5FN/c10-9-3-1-2-7-6-11-5-4-8(7)9/h1-3,5-6H. The molecule has 1 aromatic carbocycles. The average molecular weight is 146 g/mol. The van der Waals surface area contributed by atoms with E-state index in [9.17, 15) is 4.39 Å². The number of rotatable bonds is 0. The van der Waals surface area contributed by atoms with Crippen LogP contribution in [0.25, 0.3) is 10.8 Å². The molecule has 1 aromatic heterocycles. The summed E-state index contributed by atoms with van der Waals surface area (Å²) in [5.41, 5.74) is 0. The topological polar surface area (TPSA) is 12.9 Å². The minimum atomic E-state index is -0.245. The summed E-state index contributed by atoms with van der Waals surface area (Å²) in [7, 11) is 0. The molecule has 0 saturated heterocycles. The molecule has 0 aliphatic carbocycles. The summed E-state index contributed by atoms with van der Waals surface area (Å²) in [4.78, 5) is 3.83. The highest BCUT2D eigenvalue weighted by atomic mass is 19.1. The van der Waals surface area contributed by atoms with E-state index < -0.39 is 0 Å². The van der Waals surface area contributed by atoms with Gasteiger partial charge in [-0.05, 0) is 6.07 Å². The Labute approximate surface area is 63.5 Å². The van der Waals surface area contributed by atoms with E-state index in [0.717, 1.165) is 5.39 Å². The maximum atomic E-state index is 12.9. The number of benzene rings is 1. The molecule has 0 bridgehead atoms. The number of nitrogens with zero attached hydrogens (tertiary/aromatic N) is 1. The van der Waals surface area contributed by atoms with E-state index in [1.807, 2.05) is 6.07 Å². The minimum Gasteiger partial charge on any atom is -0.263 e. The third-order valence-electron chi connectivity index (χ3n) is 1.54. The number of aromatic nitrogens is 1. The van der Waals surface area contributed by atoms with Crippen LogP contribution in [0.3, 0.4) is 0 Å². The zero-order valence-corrected chi connectivity index (χ0v) is 5.71. The van der Waals surface area contributed by atoms with E-state index >= 15 is 0 Å². The van der Waals surface area contributed by atoms with Gasteiger partial charge in [-0.25, -0.2) is 4.39 Å². The molecular formula is C9H5FN. The number of hydrogen-bond donors (Lipinski definition) is 0. The van der Waals surface area contributed by atoms with Crippen molar-refractivity contribution < 1.29 is 4.39 Å². The van der Waals surface area contributed by atoms with E-state index in [4.69, 9.17) is 0 Å². The molecule has 1 heterocycles. The summed E-state index contributed by atoms with van der Waals surface area (Å²) in [6, 6.07) is 7.62. The molecule has 0 fully saturated rings. The molecule has 2 rings (SSSR count). The largest absolute Gasteiger partial charge is 0.263 e. The predicted octanol–water partition coefficient (Wildman–Crippen LogP) is 2.17. The predicted molar refractivity (Wildman–Crippen MR) is 40.5 cm³/mol. The van der Waals surface area contributed by atoms with Gasteiger partial charge in [0, 0.05) is 29.2 Å². The molecule has 0 atom stereocenters. The second-order valence-electron chi connectivity index (χ2n) is 2.26. The highest BCUT2D eigenvalue weighted by molar-refractivity contribution is 5.81. The fourth-order valence-electron chi connectivity index (χ4n) is 1.02. The number of fused-ring (bicyclic) bond motifs is 1. The summed E-state index contributed by atoms with van der Waals surface area (Å²) in [5.74, 6) is -0.245. The third kappa shape index (κ3) is 0.963. The van der Waals surface area contributed by atoms with Crippen LogP contribution in [-0.4, -0.2) is 4.98 Å². The highest BCUT2D eigenvalue weighted by Crippen LogP contribution is 2.14. The van der Waals surface area contributed by atoms with Gasteiger partial charge in [-0.3, -0.25) is 4.98 Å². The molecule has 11 heavy (non-hydrogen) atoms. The Balaban J connectivity index is 2.91. The Morgan fingerprint density at radius 2 is 2.27 bits per heavy atom. The minimum absolute atomic E-state index is 0.245. The third-order valence-corrected chi connectivity index (χ3v) is 1.54. The van der Waals surface area contributed by atoms with Gasteiger partial charge >= 0.3 is 0 Å². The van der Waals surface area contributed by atoms with Crippen LogP contribution in [0.1, 0.15) is 0 Å². The van der Waals surface area contributed by atoms with Crippen LogP contribution >= 0.6 is 0 Å². The molecule has 2 aromatic rings. The Kier molecular flexibility index (Phi) is 1.32. The Morgan fingerprint density at radius 3 is 3.09 bits per heavy atom. The normalized spacial score (nSPS) is 10.3. The summed E-state index contributed by atoms with van der Waals surface area (Å²) in [6.45, 7) is 0. The van der Waals surface area contributed by atoms with Crippen molar-refractivity contribution in [2.45, 2.75) is 0 Å². The molecule has 53 valence electrons. The number of pyridine rings is 1. The first kappa shape index (κ1) is 6.28. The van der Waals surface area contributed by atoms with Gasteiger partial charge in [-0.2, -0.15) is 0 Å². The first-order valence-electron chi connectivity index (χ1n) is 3.28. The smallest absolute Gasteiger partial charge is 0.131 e. The van der Waals surface area contributed by atoms with Crippen LogP contribution in [-0.2, 0) is 0 Å². The molecule has 0 aliphatic rings.